The molecule has 5 nitrogen and oxygen atoms in total. The first-order valence-corrected chi connectivity index (χ1v) is 9.57. The maximum absolute atomic E-state index is 12.2. The number of guanidine groups is 1. The maximum Gasteiger partial charge on any atom is 0.231 e. The van der Waals surface area contributed by atoms with Crippen molar-refractivity contribution in [2.24, 2.45) is 0 Å². The Morgan fingerprint density at radius 3 is 2.65 bits per heavy atom. The third-order valence-corrected chi connectivity index (χ3v) is 5.82. The predicted molar refractivity (Wildman–Crippen MR) is 106 cm³/mol. The Labute approximate surface area is 158 Å². The predicted octanol–water partition coefficient (Wildman–Crippen LogP) is 4.11. The Balaban J connectivity index is 1.87. The van der Waals surface area contributed by atoms with Crippen molar-refractivity contribution < 1.29 is 9.53 Å². The van der Waals surface area contributed by atoms with Crippen LogP contribution in [0.25, 0.3) is 11.1 Å². The molecule has 1 aliphatic rings. The van der Waals surface area contributed by atoms with Gasteiger partial charge >= 0.3 is 0 Å². The molecule has 0 unspecified atom stereocenters. The SMILES string of the molecule is Cc1cc(-c2csc([C@]3(C)CC(=O)N(C)C(=N)N3)c2)ccc1OC(C)C. The van der Waals surface area contributed by atoms with Gasteiger partial charge in [-0.05, 0) is 68.0 Å². The average molecular weight is 372 g/mol. The number of benzene rings is 1. The highest BCUT2D eigenvalue weighted by molar-refractivity contribution is 7.10. The first-order valence-electron chi connectivity index (χ1n) is 8.69. The summed E-state index contributed by atoms with van der Waals surface area (Å²) in [6.07, 6.45) is 0.488. The minimum atomic E-state index is -0.542. The van der Waals surface area contributed by atoms with E-state index in [-0.39, 0.29) is 18.0 Å². The fourth-order valence-electron chi connectivity index (χ4n) is 3.08. The number of aryl methyl sites for hydroxylation is 1. The zero-order chi connectivity index (χ0) is 19.1. The number of rotatable bonds is 4. The maximum atomic E-state index is 12.2. The standard InChI is InChI=1S/C20H25N3O2S/c1-12(2)25-16-7-6-14(8-13(16)3)15-9-17(26-11-15)20(4)10-18(24)23(5)19(21)22-20/h6-9,11-12H,10H2,1-5H3,(H2,21,22)/t20-/m0/s1. The van der Waals surface area contributed by atoms with E-state index in [2.05, 4.69) is 28.9 Å². The molecule has 1 aromatic heterocycles. The van der Waals surface area contributed by atoms with Crippen LogP contribution in [0.2, 0.25) is 0 Å². The summed E-state index contributed by atoms with van der Waals surface area (Å²) >= 11 is 1.61. The van der Waals surface area contributed by atoms with Crippen LogP contribution in [0.15, 0.2) is 29.6 Å². The third kappa shape index (κ3) is 3.46. The molecule has 1 aliphatic heterocycles. The highest BCUT2D eigenvalue weighted by Crippen LogP contribution is 2.37. The summed E-state index contributed by atoms with van der Waals surface area (Å²) in [5.41, 5.74) is 2.80. The summed E-state index contributed by atoms with van der Waals surface area (Å²) in [6, 6.07) is 8.31. The van der Waals surface area contributed by atoms with E-state index < -0.39 is 5.54 Å². The third-order valence-electron chi connectivity index (χ3n) is 4.62. The molecule has 0 saturated carbocycles. The Morgan fingerprint density at radius 2 is 2.04 bits per heavy atom. The quantitative estimate of drug-likeness (QED) is 0.850. The van der Waals surface area contributed by atoms with Crippen LogP contribution < -0.4 is 10.1 Å². The molecule has 1 fully saturated rings. The van der Waals surface area contributed by atoms with E-state index in [1.165, 1.54) is 4.90 Å². The molecule has 0 bridgehead atoms. The molecule has 0 spiro atoms. The van der Waals surface area contributed by atoms with Crippen LogP contribution in [0.5, 0.6) is 5.75 Å². The van der Waals surface area contributed by atoms with Crippen molar-refractivity contribution in [1.82, 2.24) is 10.2 Å². The largest absolute Gasteiger partial charge is 0.491 e. The molecule has 0 radical (unpaired) electrons. The van der Waals surface area contributed by atoms with Gasteiger partial charge in [0.1, 0.15) is 5.75 Å². The molecule has 1 atom stereocenters. The number of amides is 1. The van der Waals surface area contributed by atoms with Crippen LogP contribution in [-0.4, -0.2) is 29.9 Å². The van der Waals surface area contributed by atoms with Gasteiger partial charge in [0.25, 0.3) is 0 Å². The number of thiophene rings is 1. The van der Waals surface area contributed by atoms with Crippen LogP contribution in [0, 0.1) is 12.3 Å². The Bertz CT molecular complexity index is 838. The van der Waals surface area contributed by atoms with Gasteiger partial charge in [-0.25, -0.2) is 0 Å². The molecule has 6 heteroatoms. The van der Waals surface area contributed by atoms with Gasteiger partial charge in [0.15, 0.2) is 5.96 Å². The first-order chi connectivity index (χ1) is 12.2. The van der Waals surface area contributed by atoms with E-state index in [1.807, 2.05) is 33.8 Å². The molecule has 2 N–H and O–H groups in total. The van der Waals surface area contributed by atoms with Crippen molar-refractivity contribution >= 4 is 23.2 Å². The van der Waals surface area contributed by atoms with E-state index in [9.17, 15) is 4.79 Å². The number of ether oxygens (including phenoxy) is 1. The summed E-state index contributed by atoms with van der Waals surface area (Å²) in [6.45, 7) is 8.07. The second kappa shape index (κ2) is 6.76. The summed E-state index contributed by atoms with van der Waals surface area (Å²) < 4.78 is 5.81. The van der Waals surface area contributed by atoms with Crippen molar-refractivity contribution in [2.75, 3.05) is 7.05 Å². The molecular formula is C20H25N3O2S. The monoisotopic (exact) mass is 371 g/mol. The average Bonchev–Trinajstić information content (AvgIpc) is 3.05. The number of nitrogens with zero attached hydrogens (tertiary/aromatic N) is 1. The molecule has 1 saturated heterocycles. The smallest absolute Gasteiger partial charge is 0.231 e. The van der Waals surface area contributed by atoms with E-state index >= 15 is 0 Å². The fourth-order valence-corrected chi connectivity index (χ4v) is 4.11. The molecule has 1 aromatic carbocycles. The first kappa shape index (κ1) is 18.5. The summed E-state index contributed by atoms with van der Waals surface area (Å²) in [7, 11) is 1.63. The lowest BCUT2D eigenvalue weighted by Gasteiger charge is -2.38. The lowest BCUT2D eigenvalue weighted by atomic mass is 9.92. The lowest BCUT2D eigenvalue weighted by Crippen LogP contribution is -2.57. The second-order valence-electron chi connectivity index (χ2n) is 7.28. The Kier molecular flexibility index (Phi) is 4.80. The summed E-state index contributed by atoms with van der Waals surface area (Å²) in [4.78, 5) is 14.6. The van der Waals surface area contributed by atoms with Crippen molar-refractivity contribution in [3.05, 3.63) is 40.1 Å². The molecule has 3 rings (SSSR count). The van der Waals surface area contributed by atoms with Gasteiger partial charge in [-0.3, -0.25) is 15.1 Å². The highest BCUT2D eigenvalue weighted by Gasteiger charge is 2.38. The molecule has 2 aromatic rings. The zero-order valence-corrected chi connectivity index (χ0v) is 16.7. The normalized spacial score (nSPS) is 20.5. The van der Waals surface area contributed by atoms with Gasteiger partial charge in [0.2, 0.25) is 5.91 Å². The van der Waals surface area contributed by atoms with Crippen LogP contribution in [0.4, 0.5) is 0 Å². The van der Waals surface area contributed by atoms with Crippen molar-refractivity contribution in [1.29, 1.82) is 5.41 Å². The minimum absolute atomic E-state index is 0.0442. The second-order valence-corrected chi connectivity index (χ2v) is 8.19. The molecule has 0 aliphatic carbocycles. The number of hydrogen-bond acceptors (Lipinski definition) is 4. The molecule has 1 amide bonds. The van der Waals surface area contributed by atoms with E-state index in [1.54, 1.807) is 18.4 Å². The molecule has 2 heterocycles. The summed E-state index contributed by atoms with van der Waals surface area (Å²) in [5, 5.41) is 13.3. The number of carbonyl (C=O) groups is 1. The zero-order valence-electron chi connectivity index (χ0n) is 15.8. The van der Waals surface area contributed by atoms with Crippen LogP contribution in [-0.2, 0) is 10.3 Å². The van der Waals surface area contributed by atoms with Gasteiger partial charge in [-0.2, -0.15) is 0 Å². The Hall–Kier alpha value is -2.34. The Morgan fingerprint density at radius 1 is 1.31 bits per heavy atom. The van der Waals surface area contributed by atoms with Crippen LogP contribution in [0.1, 0.15) is 37.6 Å². The van der Waals surface area contributed by atoms with Crippen molar-refractivity contribution in [2.45, 2.75) is 45.8 Å². The van der Waals surface area contributed by atoms with Crippen molar-refractivity contribution in [3.63, 3.8) is 0 Å². The van der Waals surface area contributed by atoms with Crippen LogP contribution in [0.3, 0.4) is 0 Å². The van der Waals surface area contributed by atoms with Gasteiger partial charge in [-0.15, -0.1) is 11.3 Å². The lowest BCUT2D eigenvalue weighted by molar-refractivity contribution is -0.129. The molecule has 26 heavy (non-hydrogen) atoms. The molecular weight excluding hydrogens is 346 g/mol. The molecule has 138 valence electrons. The van der Waals surface area contributed by atoms with Gasteiger partial charge in [0.05, 0.1) is 18.1 Å². The number of nitrogens with one attached hydrogen (secondary N) is 2. The number of hydrogen-bond donors (Lipinski definition) is 2. The van der Waals surface area contributed by atoms with Gasteiger partial charge < -0.3 is 10.1 Å². The van der Waals surface area contributed by atoms with E-state index in [0.717, 1.165) is 27.3 Å². The summed E-state index contributed by atoms with van der Waals surface area (Å²) in [5.74, 6) is 1.00. The van der Waals surface area contributed by atoms with Gasteiger partial charge in [0, 0.05) is 11.9 Å². The van der Waals surface area contributed by atoms with Crippen molar-refractivity contribution in [3.8, 4) is 16.9 Å². The number of carbonyl (C=O) groups excluding carboxylic acids is 1. The van der Waals surface area contributed by atoms with Gasteiger partial charge in [-0.1, -0.05) is 6.07 Å². The topological polar surface area (TPSA) is 65.4 Å². The fraction of sp³-hybridized carbons (Fsp3) is 0.400. The highest BCUT2D eigenvalue weighted by atomic mass is 32.1. The van der Waals surface area contributed by atoms with Crippen LogP contribution >= 0.6 is 11.3 Å². The van der Waals surface area contributed by atoms with E-state index in [0.29, 0.717) is 6.42 Å². The minimum Gasteiger partial charge on any atom is -0.491 e. The van der Waals surface area contributed by atoms with E-state index in [4.69, 9.17) is 10.1 Å².